The molecule has 1 aromatic heterocycles. The summed E-state index contributed by atoms with van der Waals surface area (Å²) in [5.74, 6) is 0.870. The van der Waals surface area contributed by atoms with Gasteiger partial charge in [-0.05, 0) is 48.2 Å². The maximum Gasteiger partial charge on any atom is 0.131 e. The van der Waals surface area contributed by atoms with E-state index in [2.05, 4.69) is 79.8 Å². The fourth-order valence-corrected chi connectivity index (χ4v) is 3.16. The van der Waals surface area contributed by atoms with Crippen molar-refractivity contribution in [1.82, 2.24) is 4.98 Å². The number of hydrogen-bond donors (Lipinski definition) is 1. The van der Waals surface area contributed by atoms with Crippen molar-refractivity contribution in [3.63, 3.8) is 0 Å². The first-order valence-electron chi connectivity index (χ1n) is 8.51. The fraction of sp³-hybridized carbons (Fsp3) is 0.0870. The van der Waals surface area contributed by atoms with Gasteiger partial charge in [0.25, 0.3) is 0 Å². The average molecular weight is 324 g/mol. The number of aromatic nitrogens is 1. The number of benzene rings is 3. The lowest BCUT2D eigenvalue weighted by Gasteiger charge is -2.14. The number of pyridine rings is 1. The van der Waals surface area contributed by atoms with Crippen molar-refractivity contribution < 1.29 is 0 Å². The zero-order chi connectivity index (χ0) is 17.2. The molecule has 0 aliphatic rings. The van der Waals surface area contributed by atoms with Gasteiger partial charge >= 0.3 is 0 Å². The Morgan fingerprint density at radius 2 is 1.44 bits per heavy atom. The Balaban J connectivity index is 1.92. The van der Waals surface area contributed by atoms with Crippen molar-refractivity contribution >= 4 is 22.4 Å². The Bertz CT molecular complexity index is 1040. The standard InChI is InChI=1S/C23H20N2/c1-16-9-6-7-14-21(16)24-22-15-20(18-11-4-3-5-12-18)19-13-8-10-17(2)23(19)25-22/h3-15H,1-2H3,(H,24,25). The molecule has 122 valence electrons. The molecule has 2 nitrogen and oxygen atoms in total. The van der Waals surface area contributed by atoms with E-state index in [9.17, 15) is 0 Å². The quantitative estimate of drug-likeness (QED) is 0.481. The molecule has 1 N–H and O–H groups in total. The van der Waals surface area contributed by atoms with E-state index in [1.807, 2.05) is 18.2 Å². The SMILES string of the molecule is Cc1ccccc1Nc1cc(-c2ccccc2)c2cccc(C)c2n1. The highest BCUT2D eigenvalue weighted by molar-refractivity contribution is 5.97. The number of hydrogen-bond acceptors (Lipinski definition) is 2. The third kappa shape index (κ3) is 2.99. The van der Waals surface area contributed by atoms with Crippen LogP contribution in [0.5, 0.6) is 0 Å². The molecule has 2 heteroatoms. The zero-order valence-electron chi connectivity index (χ0n) is 14.5. The van der Waals surface area contributed by atoms with E-state index in [0.29, 0.717) is 0 Å². The molecule has 0 bridgehead atoms. The summed E-state index contributed by atoms with van der Waals surface area (Å²) in [5.41, 5.74) is 6.92. The number of rotatable bonds is 3. The minimum Gasteiger partial charge on any atom is -0.340 e. The smallest absolute Gasteiger partial charge is 0.131 e. The molecule has 1 heterocycles. The van der Waals surface area contributed by atoms with Crippen molar-refractivity contribution in [3.05, 3.63) is 90.0 Å². The first kappa shape index (κ1) is 15.4. The van der Waals surface area contributed by atoms with Gasteiger partial charge in [-0.3, -0.25) is 0 Å². The normalized spacial score (nSPS) is 10.8. The van der Waals surface area contributed by atoms with Crippen LogP contribution in [0.15, 0.2) is 78.9 Å². The van der Waals surface area contributed by atoms with Crippen LogP contribution in [-0.4, -0.2) is 4.98 Å². The van der Waals surface area contributed by atoms with Gasteiger partial charge < -0.3 is 5.32 Å². The minimum atomic E-state index is 0.870. The Morgan fingerprint density at radius 1 is 0.720 bits per heavy atom. The molecule has 0 unspecified atom stereocenters. The monoisotopic (exact) mass is 324 g/mol. The number of para-hydroxylation sites is 2. The van der Waals surface area contributed by atoms with E-state index >= 15 is 0 Å². The number of anilines is 2. The van der Waals surface area contributed by atoms with E-state index in [4.69, 9.17) is 4.98 Å². The molecule has 0 saturated heterocycles. The van der Waals surface area contributed by atoms with Crippen LogP contribution in [0.2, 0.25) is 0 Å². The van der Waals surface area contributed by atoms with E-state index in [-0.39, 0.29) is 0 Å². The Kier molecular flexibility index (Phi) is 3.95. The first-order valence-corrected chi connectivity index (χ1v) is 8.51. The summed E-state index contributed by atoms with van der Waals surface area (Å²) in [5, 5.41) is 4.67. The van der Waals surface area contributed by atoms with Gasteiger partial charge in [0.2, 0.25) is 0 Å². The Morgan fingerprint density at radius 3 is 2.24 bits per heavy atom. The molecule has 0 aliphatic heterocycles. The Labute approximate surface area is 148 Å². The van der Waals surface area contributed by atoms with E-state index in [0.717, 1.165) is 17.0 Å². The fourth-order valence-electron chi connectivity index (χ4n) is 3.16. The number of nitrogens with zero attached hydrogens (tertiary/aromatic N) is 1. The van der Waals surface area contributed by atoms with Crippen molar-refractivity contribution in [2.24, 2.45) is 0 Å². The largest absolute Gasteiger partial charge is 0.340 e. The summed E-state index contributed by atoms with van der Waals surface area (Å²) in [6.07, 6.45) is 0. The van der Waals surface area contributed by atoms with Crippen LogP contribution in [0.3, 0.4) is 0 Å². The lowest BCUT2D eigenvalue weighted by molar-refractivity contribution is 1.33. The maximum atomic E-state index is 4.89. The first-order chi connectivity index (χ1) is 12.2. The third-order valence-corrected chi connectivity index (χ3v) is 4.53. The zero-order valence-corrected chi connectivity index (χ0v) is 14.5. The lowest BCUT2D eigenvalue weighted by atomic mass is 9.99. The second-order valence-corrected chi connectivity index (χ2v) is 6.33. The van der Waals surface area contributed by atoms with Gasteiger partial charge in [0.05, 0.1) is 5.52 Å². The van der Waals surface area contributed by atoms with Gasteiger partial charge in [0.15, 0.2) is 0 Å². The van der Waals surface area contributed by atoms with Crippen LogP contribution >= 0.6 is 0 Å². The molecule has 0 aliphatic carbocycles. The predicted molar refractivity (Wildman–Crippen MR) is 106 cm³/mol. The lowest BCUT2D eigenvalue weighted by Crippen LogP contribution is -1.98. The number of nitrogens with one attached hydrogen (secondary N) is 1. The van der Waals surface area contributed by atoms with Gasteiger partial charge in [-0.15, -0.1) is 0 Å². The molecule has 3 aromatic carbocycles. The third-order valence-electron chi connectivity index (χ3n) is 4.53. The van der Waals surface area contributed by atoms with Crippen LogP contribution in [0.25, 0.3) is 22.0 Å². The molecule has 4 rings (SSSR count). The summed E-state index contributed by atoms with van der Waals surface area (Å²) < 4.78 is 0. The summed E-state index contributed by atoms with van der Waals surface area (Å²) in [4.78, 5) is 4.89. The van der Waals surface area contributed by atoms with Gasteiger partial charge in [0.1, 0.15) is 5.82 Å². The second kappa shape index (κ2) is 6.40. The number of aryl methyl sites for hydroxylation is 2. The molecule has 0 amide bonds. The minimum absolute atomic E-state index is 0.870. The summed E-state index contributed by atoms with van der Waals surface area (Å²) in [7, 11) is 0. The average Bonchev–Trinajstić information content (AvgIpc) is 2.64. The summed E-state index contributed by atoms with van der Waals surface area (Å²) >= 11 is 0. The topological polar surface area (TPSA) is 24.9 Å². The van der Waals surface area contributed by atoms with Crippen LogP contribution in [0.4, 0.5) is 11.5 Å². The van der Waals surface area contributed by atoms with Crippen molar-refractivity contribution in [2.45, 2.75) is 13.8 Å². The molecular weight excluding hydrogens is 304 g/mol. The molecule has 4 aromatic rings. The molecular formula is C23H20N2. The van der Waals surface area contributed by atoms with Crippen LogP contribution < -0.4 is 5.32 Å². The highest BCUT2D eigenvalue weighted by Gasteiger charge is 2.10. The van der Waals surface area contributed by atoms with E-state index in [1.165, 1.54) is 27.6 Å². The van der Waals surface area contributed by atoms with Gasteiger partial charge in [-0.1, -0.05) is 66.7 Å². The molecule has 0 saturated carbocycles. The van der Waals surface area contributed by atoms with Gasteiger partial charge in [-0.25, -0.2) is 4.98 Å². The van der Waals surface area contributed by atoms with Gasteiger partial charge in [0, 0.05) is 11.1 Å². The highest BCUT2D eigenvalue weighted by Crippen LogP contribution is 2.32. The molecule has 0 fully saturated rings. The number of fused-ring (bicyclic) bond motifs is 1. The molecule has 0 spiro atoms. The van der Waals surface area contributed by atoms with E-state index < -0.39 is 0 Å². The Hall–Kier alpha value is -3.13. The van der Waals surface area contributed by atoms with Crippen LogP contribution in [-0.2, 0) is 0 Å². The van der Waals surface area contributed by atoms with Crippen molar-refractivity contribution in [3.8, 4) is 11.1 Å². The van der Waals surface area contributed by atoms with E-state index in [1.54, 1.807) is 0 Å². The predicted octanol–water partition coefficient (Wildman–Crippen LogP) is 6.26. The van der Waals surface area contributed by atoms with Crippen molar-refractivity contribution in [1.29, 1.82) is 0 Å². The second-order valence-electron chi connectivity index (χ2n) is 6.33. The van der Waals surface area contributed by atoms with Crippen molar-refractivity contribution in [2.75, 3.05) is 5.32 Å². The van der Waals surface area contributed by atoms with Crippen LogP contribution in [0.1, 0.15) is 11.1 Å². The highest BCUT2D eigenvalue weighted by atomic mass is 15.0. The summed E-state index contributed by atoms with van der Waals surface area (Å²) in [6, 6.07) is 27.3. The van der Waals surface area contributed by atoms with Crippen LogP contribution in [0, 0.1) is 13.8 Å². The molecule has 25 heavy (non-hydrogen) atoms. The molecule has 0 radical (unpaired) electrons. The molecule has 0 atom stereocenters. The summed E-state index contributed by atoms with van der Waals surface area (Å²) in [6.45, 7) is 4.22. The van der Waals surface area contributed by atoms with Gasteiger partial charge in [-0.2, -0.15) is 0 Å². The maximum absolute atomic E-state index is 4.89.